The fraction of sp³-hybridized carbons (Fsp3) is 0.483. The summed E-state index contributed by atoms with van der Waals surface area (Å²) in [5.74, 6) is 0.279. The summed E-state index contributed by atoms with van der Waals surface area (Å²) < 4.78 is 67.2. The zero-order valence-electron chi connectivity index (χ0n) is 22.6. The third kappa shape index (κ3) is 5.49. The molecule has 3 aliphatic carbocycles. The number of nitrogens with one attached hydrogen (secondary N) is 1. The minimum atomic E-state index is -4.31. The molecule has 4 aliphatic rings. The number of amidine groups is 1. The van der Waals surface area contributed by atoms with Gasteiger partial charge >= 0.3 is 6.18 Å². The van der Waals surface area contributed by atoms with Crippen LogP contribution in [0.3, 0.4) is 0 Å². The number of nitriles is 1. The average Bonchev–Trinajstić information content (AvgIpc) is 3.17. The van der Waals surface area contributed by atoms with Gasteiger partial charge in [0.1, 0.15) is 11.9 Å². The molecule has 3 fully saturated rings. The first-order valence-electron chi connectivity index (χ1n) is 13.3. The smallest absolute Gasteiger partial charge is 0.366 e. The highest BCUT2D eigenvalue weighted by Gasteiger charge is 2.75. The molecule has 1 aliphatic heterocycles. The average molecular weight is 607 g/mol. The molecule has 1 heterocycles. The second-order valence-corrected chi connectivity index (χ2v) is 14.3. The Bertz CT molecular complexity index is 1530. The lowest BCUT2D eigenvalue weighted by Crippen LogP contribution is -2.78. The number of rotatable bonds is 10. The third-order valence-electron chi connectivity index (χ3n) is 8.40. The van der Waals surface area contributed by atoms with E-state index in [1.165, 1.54) is 16.4 Å². The van der Waals surface area contributed by atoms with Crippen molar-refractivity contribution in [1.82, 2.24) is 9.62 Å². The van der Waals surface area contributed by atoms with E-state index in [9.17, 15) is 31.6 Å². The first kappa shape index (κ1) is 29.5. The largest absolute Gasteiger partial charge is 0.389 e. The van der Waals surface area contributed by atoms with Crippen LogP contribution in [0.5, 0.6) is 0 Å². The first-order chi connectivity index (χ1) is 19.1. The van der Waals surface area contributed by atoms with Crippen LogP contribution >= 0.6 is 11.6 Å². The molecule has 1 N–H and O–H groups in total. The van der Waals surface area contributed by atoms with Gasteiger partial charge in [0.05, 0.1) is 22.1 Å². The molecule has 0 aromatic heterocycles. The number of halogens is 4. The quantitative estimate of drug-likeness (QED) is 0.370. The third-order valence-corrected chi connectivity index (χ3v) is 10.6. The molecule has 41 heavy (non-hydrogen) atoms. The van der Waals surface area contributed by atoms with Gasteiger partial charge in [-0.25, -0.2) is 8.42 Å². The molecular formula is C29H30ClF3N4O3S. The fourth-order valence-electron chi connectivity index (χ4n) is 6.41. The van der Waals surface area contributed by atoms with Crippen LogP contribution < -0.4 is 5.32 Å². The maximum atomic E-state index is 14.0. The zero-order valence-corrected chi connectivity index (χ0v) is 24.2. The molecule has 218 valence electrons. The van der Waals surface area contributed by atoms with Crippen molar-refractivity contribution >= 4 is 33.2 Å². The van der Waals surface area contributed by atoms with Crippen molar-refractivity contribution in [3.63, 3.8) is 0 Å². The molecule has 7 nitrogen and oxygen atoms in total. The van der Waals surface area contributed by atoms with Crippen LogP contribution in [0.15, 0.2) is 58.4 Å². The van der Waals surface area contributed by atoms with Gasteiger partial charge in [0.2, 0.25) is 10.0 Å². The number of Topliss-reactive ketones (excluding diaryl/α,β-unsaturated/α-hetero) is 1. The van der Waals surface area contributed by atoms with E-state index in [1.807, 2.05) is 6.07 Å². The summed E-state index contributed by atoms with van der Waals surface area (Å²) in [6.45, 7) is 3.71. The molecule has 2 aromatic rings. The predicted octanol–water partition coefficient (Wildman–Crippen LogP) is 5.78. The number of carbonyl (C=O) groups is 1. The highest BCUT2D eigenvalue weighted by atomic mass is 35.5. The van der Waals surface area contributed by atoms with Crippen LogP contribution in [0.1, 0.15) is 63.5 Å². The molecule has 0 spiro atoms. The summed E-state index contributed by atoms with van der Waals surface area (Å²) in [5.41, 5.74) is -0.871. The predicted molar refractivity (Wildman–Crippen MR) is 148 cm³/mol. The van der Waals surface area contributed by atoms with Crippen molar-refractivity contribution in [2.24, 2.45) is 10.4 Å². The highest BCUT2D eigenvalue weighted by molar-refractivity contribution is 7.89. The number of carbonyl (C=O) groups excluding carboxylic acids is 1. The van der Waals surface area contributed by atoms with Crippen molar-refractivity contribution in [3.8, 4) is 6.07 Å². The lowest BCUT2D eigenvalue weighted by atomic mass is 9.38. The van der Waals surface area contributed by atoms with Gasteiger partial charge in [-0.15, -0.1) is 0 Å². The summed E-state index contributed by atoms with van der Waals surface area (Å²) in [6.07, 6.45) is -4.36. The van der Waals surface area contributed by atoms with E-state index in [-0.39, 0.29) is 35.6 Å². The van der Waals surface area contributed by atoms with Crippen molar-refractivity contribution in [2.75, 3.05) is 0 Å². The normalized spacial score (nSPS) is 26.4. The number of alkyl halides is 3. The minimum absolute atomic E-state index is 0.0336. The summed E-state index contributed by atoms with van der Waals surface area (Å²) in [7, 11) is -4.00. The van der Waals surface area contributed by atoms with E-state index in [1.54, 1.807) is 50.2 Å². The molecule has 6 rings (SSSR count). The van der Waals surface area contributed by atoms with Crippen LogP contribution in [0.4, 0.5) is 13.2 Å². The van der Waals surface area contributed by atoms with Gasteiger partial charge in [0, 0.05) is 35.4 Å². The lowest BCUT2D eigenvalue weighted by molar-refractivity contribution is -0.151. The number of sulfonamides is 1. The van der Waals surface area contributed by atoms with Gasteiger partial charge < -0.3 is 5.32 Å². The van der Waals surface area contributed by atoms with Gasteiger partial charge in [-0.05, 0) is 75.4 Å². The van der Waals surface area contributed by atoms with Crippen molar-refractivity contribution in [1.29, 1.82) is 5.26 Å². The number of hydrogen-bond donors (Lipinski definition) is 1. The molecule has 1 atom stereocenters. The van der Waals surface area contributed by atoms with E-state index >= 15 is 0 Å². The second kappa shape index (κ2) is 10.1. The van der Waals surface area contributed by atoms with Crippen LogP contribution in [-0.2, 0) is 21.4 Å². The standard InChI is InChI=1S/C29H30ClF3N4O3S/c1-26(2)24(23(38)7-4-12-29(31,32)33)35-25(36-26)27-16-28(17-27,18-27)37(15-19-8-10-21(30)11-9-19)41(39,40)22-6-3-5-20(13-22)14-34/h3,5-6,8-11,13,24H,4,7,12,15-18H2,1-2H3,(H,35,36)/t24-,27?,28?/m0/s1. The van der Waals surface area contributed by atoms with E-state index in [2.05, 4.69) is 10.3 Å². The molecule has 12 heteroatoms. The fourth-order valence-corrected chi connectivity index (χ4v) is 8.34. The van der Waals surface area contributed by atoms with Crippen molar-refractivity contribution in [3.05, 3.63) is 64.7 Å². The van der Waals surface area contributed by atoms with E-state index < -0.39 is 45.2 Å². The van der Waals surface area contributed by atoms with E-state index in [0.29, 0.717) is 30.1 Å². The summed E-state index contributed by atoms with van der Waals surface area (Å²) in [6, 6.07) is 14.1. The number of benzene rings is 2. The number of ketones is 1. The van der Waals surface area contributed by atoms with E-state index in [4.69, 9.17) is 11.6 Å². The Labute approximate surface area is 242 Å². The number of hydrogen-bond acceptors (Lipinski definition) is 6. The van der Waals surface area contributed by atoms with Crippen LogP contribution in [-0.4, -0.2) is 47.6 Å². The Hall–Kier alpha value is -2.94. The zero-order chi connectivity index (χ0) is 29.8. The van der Waals surface area contributed by atoms with E-state index in [0.717, 1.165) is 5.56 Å². The Balaban J connectivity index is 1.38. The van der Waals surface area contributed by atoms with Gasteiger partial charge in [0.25, 0.3) is 0 Å². The monoisotopic (exact) mass is 606 g/mol. The summed E-state index contributed by atoms with van der Waals surface area (Å²) in [5, 5.41) is 13.2. The molecule has 3 saturated carbocycles. The summed E-state index contributed by atoms with van der Waals surface area (Å²) in [4.78, 5) is 17.5. The Morgan fingerprint density at radius 3 is 2.44 bits per heavy atom. The molecular weight excluding hydrogens is 577 g/mol. The van der Waals surface area contributed by atoms with Crippen LogP contribution in [0.25, 0.3) is 0 Å². The first-order valence-corrected chi connectivity index (χ1v) is 15.1. The van der Waals surface area contributed by atoms with Crippen LogP contribution in [0.2, 0.25) is 5.02 Å². The number of aliphatic imine (C=N–C) groups is 1. The Morgan fingerprint density at radius 1 is 1.17 bits per heavy atom. The van der Waals surface area contributed by atoms with Gasteiger partial charge in [0.15, 0.2) is 5.78 Å². The Kier molecular flexibility index (Phi) is 7.28. The van der Waals surface area contributed by atoms with Crippen molar-refractivity contribution < 1.29 is 26.4 Å². The van der Waals surface area contributed by atoms with Crippen LogP contribution in [0, 0.1) is 16.7 Å². The van der Waals surface area contributed by atoms with Gasteiger partial charge in [-0.1, -0.05) is 29.8 Å². The molecule has 0 saturated heterocycles. The highest BCUT2D eigenvalue weighted by Crippen LogP contribution is 2.71. The topological polar surface area (TPSA) is 103 Å². The molecule has 2 aromatic carbocycles. The summed E-state index contributed by atoms with van der Waals surface area (Å²) >= 11 is 6.04. The number of nitrogens with zero attached hydrogens (tertiary/aromatic N) is 3. The molecule has 0 unspecified atom stereocenters. The maximum absolute atomic E-state index is 14.0. The van der Waals surface area contributed by atoms with Gasteiger partial charge in [-0.2, -0.15) is 22.7 Å². The maximum Gasteiger partial charge on any atom is 0.389 e. The minimum Gasteiger partial charge on any atom is -0.366 e. The van der Waals surface area contributed by atoms with Gasteiger partial charge in [-0.3, -0.25) is 9.79 Å². The SMILES string of the molecule is CC1(C)NC(C23CC(N(Cc4ccc(Cl)cc4)S(=O)(=O)c4cccc(C#N)c4)(C2)C3)=N[C@H]1C(=O)CCCC(F)(F)F. The molecule has 2 bridgehead atoms. The molecule has 0 amide bonds. The molecule has 0 radical (unpaired) electrons. The van der Waals surface area contributed by atoms with Crippen molar-refractivity contribution in [2.45, 2.75) is 87.1 Å². The Morgan fingerprint density at radius 2 is 1.83 bits per heavy atom. The second-order valence-electron chi connectivity index (χ2n) is 12.0. The lowest BCUT2D eigenvalue weighted by Gasteiger charge is -2.73.